The van der Waals surface area contributed by atoms with Crippen LogP contribution in [0.15, 0.2) is 5.38 Å². The zero-order chi connectivity index (χ0) is 14.1. The van der Waals surface area contributed by atoms with E-state index in [0.29, 0.717) is 37.2 Å². The lowest BCUT2D eigenvalue weighted by Gasteiger charge is -1.99. The molecule has 6 heteroatoms. The number of nitrogens with one attached hydrogen (secondary N) is 1. The van der Waals surface area contributed by atoms with Crippen molar-refractivity contribution in [3.05, 3.63) is 11.1 Å². The van der Waals surface area contributed by atoms with E-state index in [0.717, 1.165) is 5.69 Å². The number of carbonyl (C=O) groups is 2. The number of amides is 1. The predicted octanol–water partition coefficient (Wildman–Crippen LogP) is 1.99. The summed E-state index contributed by atoms with van der Waals surface area (Å²) in [5, 5.41) is 5.12. The number of aromatic nitrogens is 1. The van der Waals surface area contributed by atoms with Crippen molar-refractivity contribution in [2.24, 2.45) is 0 Å². The molecular formula is C13H16N2O3S. The Hall–Kier alpha value is -1.87. The van der Waals surface area contributed by atoms with Crippen LogP contribution in [0.1, 0.15) is 31.4 Å². The van der Waals surface area contributed by atoms with Gasteiger partial charge in [0.25, 0.3) is 0 Å². The molecule has 0 saturated carbocycles. The van der Waals surface area contributed by atoms with Gasteiger partial charge in [-0.05, 0) is 12.8 Å². The highest BCUT2D eigenvalue weighted by atomic mass is 32.1. The molecule has 1 heterocycles. The van der Waals surface area contributed by atoms with Gasteiger partial charge in [0.1, 0.15) is 0 Å². The van der Waals surface area contributed by atoms with Crippen LogP contribution in [0.4, 0.5) is 5.13 Å². The number of hydrogen-bond donors (Lipinski definition) is 1. The molecule has 0 saturated heterocycles. The fraction of sp³-hybridized carbons (Fsp3) is 0.462. The molecule has 0 radical (unpaired) electrons. The summed E-state index contributed by atoms with van der Waals surface area (Å²) in [5.74, 6) is 2.06. The van der Waals surface area contributed by atoms with Crippen molar-refractivity contribution in [1.29, 1.82) is 0 Å². The van der Waals surface area contributed by atoms with E-state index >= 15 is 0 Å². The first-order chi connectivity index (χ1) is 9.15. The van der Waals surface area contributed by atoms with Crippen LogP contribution in [0.5, 0.6) is 0 Å². The van der Waals surface area contributed by atoms with Gasteiger partial charge in [-0.1, -0.05) is 0 Å². The van der Waals surface area contributed by atoms with E-state index in [1.807, 2.05) is 5.38 Å². The fourth-order valence-corrected chi connectivity index (χ4v) is 2.12. The molecular weight excluding hydrogens is 264 g/mol. The molecule has 102 valence electrons. The second-order valence-corrected chi connectivity index (χ2v) is 4.68. The number of ether oxygens (including phenoxy) is 1. The number of methoxy groups -OCH3 is 1. The average Bonchev–Trinajstić information content (AvgIpc) is 2.83. The Kier molecular flexibility index (Phi) is 6.61. The van der Waals surface area contributed by atoms with Gasteiger partial charge in [0, 0.05) is 24.6 Å². The quantitative estimate of drug-likeness (QED) is 0.612. The number of anilines is 1. The molecule has 0 aliphatic carbocycles. The summed E-state index contributed by atoms with van der Waals surface area (Å²) in [6, 6.07) is 0. The van der Waals surface area contributed by atoms with Crippen LogP contribution >= 0.6 is 11.3 Å². The first-order valence-electron chi connectivity index (χ1n) is 5.90. The van der Waals surface area contributed by atoms with Crippen molar-refractivity contribution in [1.82, 2.24) is 4.98 Å². The van der Waals surface area contributed by atoms with Crippen molar-refractivity contribution in [2.75, 3.05) is 12.4 Å². The summed E-state index contributed by atoms with van der Waals surface area (Å²) < 4.78 is 4.55. The zero-order valence-corrected chi connectivity index (χ0v) is 11.6. The van der Waals surface area contributed by atoms with Crippen LogP contribution in [0.3, 0.4) is 0 Å². The fourth-order valence-electron chi connectivity index (χ4n) is 1.36. The lowest BCUT2D eigenvalue weighted by Crippen LogP contribution is -2.10. The highest BCUT2D eigenvalue weighted by molar-refractivity contribution is 7.13. The van der Waals surface area contributed by atoms with Crippen molar-refractivity contribution in [3.8, 4) is 12.3 Å². The second kappa shape index (κ2) is 8.27. The van der Waals surface area contributed by atoms with E-state index in [2.05, 4.69) is 21.0 Å². The Labute approximate surface area is 116 Å². The highest BCUT2D eigenvalue weighted by Crippen LogP contribution is 2.17. The molecule has 0 bridgehead atoms. The molecule has 0 atom stereocenters. The minimum atomic E-state index is -0.224. The summed E-state index contributed by atoms with van der Waals surface area (Å²) >= 11 is 1.37. The monoisotopic (exact) mass is 280 g/mol. The molecule has 0 aliphatic rings. The van der Waals surface area contributed by atoms with Crippen molar-refractivity contribution in [2.45, 2.75) is 32.1 Å². The first kappa shape index (κ1) is 15.2. The molecule has 0 aromatic carbocycles. The summed E-state index contributed by atoms with van der Waals surface area (Å²) in [5.41, 5.74) is 0.862. The third-order valence-corrected chi connectivity index (χ3v) is 3.14. The molecule has 5 nitrogen and oxygen atoms in total. The van der Waals surface area contributed by atoms with Gasteiger partial charge in [0.15, 0.2) is 5.13 Å². The smallest absolute Gasteiger partial charge is 0.305 e. The average molecular weight is 280 g/mol. The van der Waals surface area contributed by atoms with Crippen LogP contribution in [0.2, 0.25) is 0 Å². The van der Waals surface area contributed by atoms with Crippen molar-refractivity contribution >= 4 is 28.3 Å². The SMILES string of the molecule is C#CCCC(=O)Nc1nc(CCCC(=O)OC)cs1. The van der Waals surface area contributed by atoms with E-state index in [9.17, 15) is 9.59 Å². The van der Waals surface area contributed by atoms with Gasteiger partial charge in [-0.3, -0.25) is 9.59 Å². The van der Waals surface area contributed by atoms with Crippen LogP contribution in [-0.4, -0.2) is 24.0 Å². The first-order valence-corrected chi connectivity index (χ1v) is 6.78. The predicted molar refractivity (Wildman–Crippen MR) is 73.8 cm³/mol. The zero-order valence-electron chi connectivity index (χ0n) is 10.8. The Morgan fingerprint density at radius 2 is 2.32 bits per heavy atom. The van der Waals surface area contributed by atoms with Crippen LogP contribution < -0.4 is 5.32 Å². The minimum Gasteiger partial charge on any atom is -0.469 e. The molecule has 1 amide bonds. The molecule has 0 aliphatic heterocycles. The third-order valence-electron chi connectivity index (χ3n) is 2.34. The maximum absolute atomic E-state index is 11.4. The van der Waals surface area contributed by atoms with Crippen LogP contribution in [0.25, 0.3) is 0 Å². The summed E-state index contributed by atoms with van der Waals surface area (Å²) in [6.45, 7) is 0. The van der Waals surface area contributed by atoms with Crippen LogP contribution in [0, 0.1) is 12.3 Å². The summed E-state index contributed by atoms with van der Waals surface area (Å²) in [6.07, 6.45) is 7.54. The Bertz CT molecular complexity index is 476. The third kappa shape index (κ3) is 6.02. The van der Waals surface area contributed by atoms with Gasteiger partial charge in [0.05, 0.1) is 12.8 Å². The second-order valence-electron chi connectivity index (χ2n) is 3.83. The lowest BCUT2D eigenvalue weighted by molar-refractivity contribution is -0.140. The molecule has 1 N–H and O–H groups in total. The Balaban J connectivity index is 2.34. The standard InChI is InChI=1S/C13H16N2O3S/c1-3-4-7-11(16)15-13-14-10(9-19-13)6-5-8-12(17)18-2/h1,9H,4-8H2,2H3,(H,14,15,16). The van der Waals surface area contributed by atoms with Crippen molar-refractivity contribution in [3.63, 3.8) is 0 Å². The van der Waals surface area contributed by atoms with Gasteiger partial charge in [-0.2, -0.15) is 0 Å². The molecule has 0 spiro atoms. The van der Waals surface area contributed by atoms with E-state index in [-0.39, 0.29) is 11.9 Å². The number of thiazole rings is 1. The number of terminal acetylenes is 1. The van der Waals surface area contributed by atoms with Crippen molar-refractivity contribution < 1.29 is 14.3 Å². The number of hydrogen-bond acceptors (Lipinski definition) is 5. The molecule has 1 aromatic rings. The largest absolute Gasteiger partial charge is 0.469 e. The number of esters is 1. The number of nitrogens with zero attached hydrogens (tertiary/aromatic N) is 1. The molecule has 0 fully saturated rings. The summed E-state index contributed by atoms with van der Waals surface area (Å²) in [7, 11) is 1.37. The summed E-state index contributed by atoms with van der Waals surface area (Å²) in [4.78, 5) is 26.6. The van der Waals surface area contributed by atoms with Gasteiger partial charge in [-0.15, -0.1) is 23.7 Å². The Morgan fingerprint density at radius 3 is 3.00 bits per heavy atom. The van der Waals surface area contributed by atoms with Gasteiger partial charge < -0.3 is 10.1 Å². The van der Waals surface area contributed by atoms with E-state index in [4.69, 9.17) is 6.42 Å². The van der Waals surface area contributed by atoms with E-state index < -0.39 is 0 Å². The maximum atomic E-state index is 11.4. The van der Waals surface area contributed by atoms with Crippen LogP contribution in [-0.2, 0) is 20.7 Å². The van der Waals surface area contributed by atoms with Gasteiger partial charge in [-0.25, -0.2) is 4.98 Å². The molecule has 0 unspecified atom stereocenters. The normalized spacial score (nSPS) is 9.68. The number of aryl methyl sites for hydroxylation is 1. The maximum Gasteiger partial charge on any atom is 0.305 e. The van der Waals surface area contributed by atoms with E-state index in [1.165, 1.54) is 18.4 Å². The molecule has 19 heavy (non-hydrogen) atoms. The topological polar surface area (TPSA) is 68.3 Å². The minimum absolute atomic E-state index is 0.131. The highest BCUT2D eigenvalue weighted by Gasteiger charge is 2.07. The lowest BCUT2D eigenvalue weighted by atomic mass is 10.2. The van der Waals surface area contributed by atoms with E-state index in [1.54, 1.807) is 0 Å². The van der Waals surface area contributed by atoms with Gasteiger partial charge >= 0.3 is 5.97 Å². The number of rotatable bonds is 7. The Morgan fingerprint density at radius 1 is 1.53 bits per heavy atom. The van der Waals surface area contributed by atoms with Gasteiger partial charge in [0.2, 0.25) is 5.91 Å². The molecule has 1 aromatic heterocycles. The molecule has 1 rings (SSSR count). The number of carbonyl (C=O) groups excluding carboxylic acids is 2.